The van der Waals surface area contributed by atoms with E-state index in [1.54, 1.807) is 11.9 Å². The van der Waals surface area contributed by atoms with Crippen molar-refractivity contribution in [3.63, 3.8) is 0 Å². The zero-order chi connectivity index (χ0) is 16.5. The first-order chi connectivity index (χ1) is 11.7. The van der Waals surface area contributed by atoms with Crippen LogP contribution in [-0.2, 0) is 4.79 Å². The number of nitrogens with zero attached hydrogens (tertiary/aromatic N) is 2. The molecule has 1 aliphatic heterocycles. The van der Waals surface area contributed by atoms with E-state index in [0.29, 0.717) is 0 Å². The molecule has 0 saturated carbocycles. The van der Waals surface area contributed by atoms with E-state index in [2.05, 4.69) is 47.6 Å². The lowest BCUT2D eigenvalue weighted by molar-refractivity contribution is -0.130. The summed E-state index contributed by atoms with van der Waals surface area (Å²) < 4.78 is 0. The van der Waals surface area contributed by atoms with Crippen LogP contribution < -0.4 is 0 Å². The van der Waals surface area contributed by atoms with Gasteiger partial charge in [-0.15, -0.1) is 0 Å². The highest BCUT2D eigenvalue weighted by Crippen LogP contribution is 2.33. The Kier molecular flexibility index (Phi) is 3.62. The molecule has 1 aliphatic rings. The van der Waals surface area contributed by atoms with Crippen molar-refractivity contribution >= 4 is 22.4 Å². The number of carbonyl (C=O) groups excluding carboxylic acids is 1. The minimum atomic E-state index is -0.0281. The topological polar surface area (TPSA) is 32.7 Å². The summed E-state index contributed by atoms with van der Waals surface area (Å²) in [4.78, 5) is 12.0. The SMILES string of the molecule is CC(=O)N1N=C(c2ccc3ccccc3c2)CC1c1ccccc1. The van der Waals surface area contributed by atoms with Crippen molar-refractivity contribution in [2.45, 2.75) is 19.4 Å². The van der Waals surface area contributed by atoms with Crippen molar-refractivity contribution in [1.29, 1.82) is 0 Å². The van der Waals surface area contributed by atoms with Gasteiger partial charge in [0.2, 0.25) is 5.91 Å². The van der Waals surface area contributed by atoms with Crippen molar-refractivity contribution < 1.29 is 4.79 Å². The Morgan fingerprint density at radius 1 is 0.958 bits per heavy atom. The Labute approximate surface area is 141 Å². The standard InChI is InChI=1S/C21H18N2O/c1-15(24)23-21(17-8-3-2-4-9-17)14-20(22-23)19-12-11-16-7-5-6-10-18(16)13-19/h2-13,21H,14H2,1H3. The third kappa shape index (κ3) is 2.58. The lowest BCUT2D eigenvalue weighted by Gasteiger charge is -2.20. The largest absolute Gasteiger partial charge is 0.273 e. The molecule has 1 unspecified atom stereocenters. The van der Waals surface area contributed by atoms with E-state index in [-0.39, 0.29) is 11.9 Å². The average molecular weight is 314 g/mol. The number of amides is 1. The van der Waals surface area contributed by atoms with Gasteiger partial charge in [-0.25, -0.2) is 5.01 Å². The molecule has 118 valence electrons. The molecule has 0 spiro atoms. The van der Waals surface area contributed by atoms with Gasteiger partial charge in [0.1, 0.15) is 0 Å². The lowest BCUT2D eigenvalue weighted by atomic mass is 9.97. The number of hydrogen-bond acceptors (Lipinski definition) is 2. The fourth-order valence-electron chi connectivity index (χ4n) is 3.28. The molecule has 1 amide bonds. The molecule has 0 saturated heterocycles. The van der Waals surface area contributed by atoms with Crippen molar-refractivity contribution in [3.05, 3.63) is 83.9 Å². The van der Waals surface area contributed by atoms with Gasteiger partial charge in [-0.1, -0.05) is 66.7 Å². The van der Waals surface area contributed by atoms with Crippen LogP contribution in [0.5, 0.6) is 0 Å². The molecule has 0 fully saturated rings. The van der Waals surface area contributed by atoms with Gasteiger partial charge in [-0.3, -0.25) is 4.79 Å². The van der Waals surface area contributed by atoms with Gasteiger partial charge < -0.3 is 0 Å². The van der Waals surface area contributed by atoms with E-state index >= 15 is 0 Å². The van der Waals surface area contributed by atoms with Gasteiger partial charge >= 0.3 is 0 Å². The molecule has 1 heterocycles. The lowest BCUT2D eigenvalue weighted by Crippen LogP contribution is -2.24. The molecular weight excluding hydrogens is 296 g/mol. The van der Waals surface area contributed by atoms with Crippen LogP contribution in [0.3, 0.4) is 0 Å². The Balaban J connectivity index is 1.72. The fraction of sp³-hybridized carbons (Fsp3) is 0.143. The second kappa shape index (κ2) is 5.93. The Bertz CT molecular complexity index is 931. The van der Waals surface area contributed by atoms with E-state index in [0.717, 1.165) is 23.3 Å². The van der Waals surface area contributed by atoms with Gasteiger partial charge in [-0.05, 0) is 28.0 Å². The van der Waals surface area contributed by atoms with Crippen molar-refractivity contribution in [3.8, 4) is 0 Å². The summed E-state index contributed by atoms with van der Waals surface area (Å²) >= 11 is 0. The van der Waals surface area contributed by atoms with Crippen molar-refractivity contribution in [2.75, 3.05) is 0 Å². The van der Waals surface area contributed by atoms with Crippen molar-refractivity contribution in [2.24, 2.45) is 5.10 Å². The summed E-state index contributed by atoms with van der Waals surface area (Å²) in [7, 11) is 0. The maximum absolute atomic E-state index is 12.0. The second-order valence-corrected chi connectivity index (χ2v) is 6.10. The third-order valence-corrected chi connectivity index (χ3v) is 4.50. The van der Waals surface area contributed by atoms with Crippen LogP contribution in [-0.4, -0.2) is 16.6 Å². The van der Waals surface area contributed by atoms with E-state index in [4.69, 9.17) is 0 Å². The van der Waals surface area contributed by atoms with Crippen LogP contribution in [0.4, 0.5) is 0 Å². The maximum Gasteiger partial charge on any atom is 0.240 e. The molecule has 3 heteroatoms. The summed E-state index contributed by atoms with van der Waals surface area (Å²) in [6.45, 7) is 1.57. The van der Waals surface area contributed by atoms with E-state index in [1.807, 2.05) is 30.3 Å². The Morgan fingerprint density at radius 3 is 2.42 bits per heavy atom. The highest BCUT2D eigenvalue weighted by Gasteiger charge is 2.31. The molecular formula is C21H18N2O. The number of hydrogen-bond donors (Lipinski definition) is 0. The summed E-state index contributed by atoms with van der Waals surface area (Å²) in [5.41, 5.74) is 3.16. The van der Waals surface area contributed by atoms with Gasteiger partial charge in [0.15, 0.2) is 0 Å². The van der Waals surface area contributed by atoms with E-state index in [1.165, 1.54) is 10.8 Å². The van der Waals surface area contributed by atoms with Gasteiger partial charge in [-0.2, -0.15) is 5.10 Å². The summed E-state index contributed by atoms with van der Waals surface area (Å²) in [5, 5.41) is 8.63. The zero-order valence-electron chi connectivity index (χ0n) is 13.5. The van der Waals surface area contributed by atoms with Crippen LogP contribution in [0.2, 0.25) is 0 Å². The Hall–Kier alpha value is -2.94. The minimum Gasteiger partial charge on any atom is -0.273 e. The van der Waals surface area contributed by atoms with Crippen LogP contribution in [0, 0.1) is 0 Å². The highest BCUT2D eigenvalue weighted by atomic mass is 16.2. The second-order valence-electron chi connectivity index (χ2n) is 6.10. The van der Waals surface area contributed by atoms with Crippen LogP contribution in [0.1, 0.15) is 30.5 Å². The van der Waals surface area contributed by atoms with Crippen molar-refractivity contribution in [1.82, 2.24) is 5.01 Å². The van der Waals surface area contributed by atoms with Gasteiger partial charge in [0, 0.05) is 13.3 Å². The minimum absolute atomic E-state index is 0.0230. The van der Waals surface area contributed by atoms with Crippen LogP contribution in [0.15, 0.2) is 77.9 Å². The first-order valence-corrected chi connectivity index (χ1v) is 8.14. The van der Waals surface area contributed by atoms with E-state index in [9.17, 15) is 4.79 Å². The molecule has 4 rings (SSSR count). The molecule has 0 aliphatic carbocycles. The first-order valence-electron chi connectivity index (χ1n) is 8.14. The van der Waals surface area contributed by atoms with Crippen LogP contribution >= 0.6 is 0 Å². The number of hydrazone groups is 1. The normalized spacial score (nSPS) is 17.1. The predicted molar refractivity (Wildman–Crippen MR) is 96.8 cm³/mol. The maximum atomic E-state index is 12.0. The smallest absolute Gasteiger partial charge is 0.240 e. The molecule has 3 nitrogen and oxygen atoms in total. The zero-order valence-corrected chi connectivity index (χ0v) is 13.5. The molecule has 0 aromatic heterocycles. The number of fused-ring (bicyclic) bond motifs is 1. The quantitative estimate of drug-likeness (QED) is 0.683. The molecule has 3 aromatic rings. The molecule has 3 aromatic carbocycles. The first kappa shape index (κ1) is 14.6. The molecule has 1 atom stereocenters. The van der Waals surface area contributed by atoms with E-state index < -0.39 is 0 Å². The number of carbonyl (C=O) groups is 1. The van der Waals surface area contributed by atoms with Gasteiger partial charge in [0.05, 0.1) is 11.8 Å². The third-order valence-electron chi connectivity index (χ3n) is 4.50. The Morgan fingerprint density at radius 2 is 1.67 bits per heavy atom. The molecule has 0 N–H and O–H groups in total. The monoisotopic (exact) mass is 314 g/mol. The summed E-state index contributed by atoms with van der Waals surface area (Å²) in [6, 6.07) is 24.7. The molecule has 0 radical (unpaired) electrons. The fourth-order valence-corrected chi connectivity index (χ4v) is 3.28. The van der Waals surface area contributed by atoms with Gasteiger partial charge in [0.25, 0.3) is 0 Å². The average Bonchev–Trinajstić information content (AvgIpc) is 3.08. The highest BCUT2D eigenvalue weighted by molar-refractivity contribution is 6.05. The number of rotatable bonds is 2. The predicted octanol–water partition coefficient (Wildman–Crippen LogP) is 4.54. The summed E-state index contributed by atoms with van der Waals surface area (Å²) in [6.07, 6.45) is 0.738. The summed E-state index contributed by atoms with van der Waals surface area (Å²) in [5.74, 6) is -0.0281. The molecule has 0 bridgehead atoms. The van der Waals surface area contributed by atoms with Crippen LogP contribution in [0.25, 0.3) is 10.8 Å². The molecule has 24 heavy (non-hydrogen) atoms. The number of benzene rings is 3.